The number of aliphatic hydroxyl groups is 1. The van der Waals surface area contributed by atoms with Crippen LogP contribution in [0.3, 0.4) is 0 Å². The third-order valence-corrected chi connectivity index (χ3v) is 4.31. The number of aromatic nitrogens is 2. The molecule has 0 aliphatic carbocycles. The van der Waals surface area contributed by atoms with Gasteiger partial charge in [0.15, 0.2) is 11.6 Å². The van der Waals surface area contributed by atoms with E-state index in [9.17, 15) is 5.11 Å². The molecule has 0 amide bonds. The van der Waals surface area contributed by atoms with Crippen molar-refractivity contribution in [2.24, 2.45) is 0 Å². The zero-order chi connectivity index (χ0) is 14.9. The zero-order valence-electron chi connectivity index (χ0n) is 11.9. The number of benzene rings is 1. The first-order valence-electron chi connectivity index (χ1n) is 6.69. The van der Waals surface area contributed by atoms with E-state index < -0.39 is 5.60 Å². The molecule has 0 saturated carbocycles. The Labute approximate surface area is 127 Å². The van der Waals surface area contributed by atoms with E-state index in [1.54, 1.807) is 20.1 Å². The number of para-hydroxylation sites is 1. The van der Waals surface area contributed by atoms with Gasteiger partial charge in [0.2, 0.25) is 0 Å². The molecule has 0 spiro atoms. The molecule has 0 fully saturated rings. The highest BCUT2D eigenvalue weighted by Gasteiger charge is 2.16. The Morgan fingerprint density at radius 1 is 1.14 bits per heavy atom. The van der Waals surface area contributed by atoms with Gasteiger partial charge >= 0.3 is 0 Å². The second-order valence-corrected chi connectivity index (χ2v) is 6.41. The van der Waals surface area contributed by atoms with Crippen molar-refractivity contribution in [3.8, 4) is 11.6 Å². The van der Waals surface area contributed by atoms with E-state index in [1.165, 1.54) is 11.8 Å². The Balaban J connectivity index is 2.07. The molecule has 2 heterocycles. The maximum Gasteiger partial charge on any atom is 0.197 e. The van der Waals surface area contributed by atoms with Gasteiger partial charge in [-0.05, 0) is 32.0 Å². The van der Waals surface area contributed by atoms with Crippen molar-refractivity contribution < 1.29 is 9.52 Å². The molecular weight excluding hydrogens is 284 g/mol. The van der Waals surface area contributed by atoms with Crippen LogP contribution in [0.4, 0.5) is 0 Å². The molecule has 0 bridgehead atoms. The lowest BCUT2D eigenvalue weighted by Crippen LogP contribution is -2.21. The zero-order valence-corrected chi connectivity index (χ0v) is 12.7. The van der Waals surface area contributed by atoms with E-state index in [0.717, 1.165) is 15.9 Å². The highest BCUT2D eigenvalue weighted by Crippen LogP contribution is 2.30. The molecule has 3 rings (SSSR count). The topological polar surface area (TPSA) is 59.2 Å². The van der Waals surface area contributed by atoms with Gasteiger partial charge in [-0.3, -0.25) is 0 Å². The van der Waals surface area contributed by atoms with Crippen LogP contribution in [0.1, 0.15) is 13.8 Å². The number of rotatable bonds is 4. The van der Waals surface area contributed by atoms with Crippen molar-refractivity contribution in [2.75, 3.05) is 5.75 Å². The van der Waals surface area contributed by atoms with Gasteiger partial charge in [0.25, 0.3) is 0 Å². The summed E-state index contributed by atoms with van der Waals surface area (Å²) in [7, 11) is 0. The number of hydrogen-bond acceptors (Lipinski definition) is 5. The SMILES string of the molecule is CC(C)(O)CSc1nc(-c2ccco2)nc2ccccc12. The largest absolute Gasteiger partial charge is 0.461 e. The van der Waals surface area contributed by atoms with Crippen LogP contribution in [0.25, 0.3) is 22.5 Å². The van der Waals surface area contributed by atoms with Crippen molar-refractivity contribution in [2.45, 2.75) is 24.5 Å². The fourth-order valence-corrected chi connectivity index (χ4v) is 2.89. The summed E-state index contributed by atoms with van der Waals surface area (Å²) in [5.74, 6) is 1.77. The molecule has 0 radical (unpaired) electrons. The minimum Gasteiger partial charge on any atom is -0.461 e. The molecule has 0 aliphatic rings. The lowest BCUT2D eigenvalue weighted by atomic mass is 10.2. The molecule has 1 aromatic carbocycles. The van der Waals surface area contributed by atoms with E-state index in [2.05, 4.69) is 9.97 Å². The van der Waals surface area contributed by atoms with E-state index in [4.69, 9.17) is 4.42 Å². The van der Waals surface area contributed by atoms with E-state index in [1.807, 2.05) is 36.4 Å². The maximum atomic E-state index is 9.92. The number of hydrogen-bond donors (Lipinski definition) is 1. The minimum atomic E-state index is -0.748. The molecule has 108 valence electrons. The summed E-state index contributed by atoms with van der Waals surface area (Å²) in [6.45, 7) is 3.58. The monoisotopic (exact) mass is 300 g/mol. The first kappa shape index (κ1) is 14.1. The lowest BCUT2D eigenvalue weighted by Gasteiger charge is -2.16. The molecule has 5 heteroatoms. The van der Waals surface area contributed by atoms with Crippen LogP contribution in [-0.4, -0.2) is 26.4 Å². The number of furan rings is 1. The molecule has 21 heavy (non-hydrogen) atoms. The van der Waals surface area contributed by atoms with Crippen molar-refractivity contribution in [3.63, 3.8) is 0 Å². The molecule has 3 aromatic rings. The molecule has 0 aliphatic heterocycles. The second-order valence-electron chi connectivity index (χ2n) is 5.45. The van der Waals surface area contributed by atoms with Crippen LogP contribution < -0.4 is 0 Å². The third-order valence-electron chi connectivity index (χ3n) is 2.87. The first-order chi connectivity index (χ1) is 10.0. The van der Waals surface area contributed by atoms with Crippen LogP contribution in [0.2, 0.25) is 0 Å². The molecular formula is C16H16N2O2S. The quantitative estimate of drug-likeness (QED) is 0.587. The standard InChI is InChI=1S/C16H16N2O2S/c1-16(2,19)10-21-15-11-6-3-4-7-12(11)17-14(18-15)13-8-5-9-20-13/h3-9,19H,10H2,1-2H3. The number of fused-ring (bicyclic) bond motifs is 1. The Bertz CT molecular complexity index is 749. The van der Waals surface area contributed by atoms with Crippen LogP contribution in [0, 0.1) is 0 Å². The van der Waals surface area contributed by atoms with Gasteiger partial charge in [-0.15, -0.1) is 11.8 Å². The van der Waals surface area contributed by atoms with Crippen molar-refractivity contribution in [1.82, 2.24) is 9.97 Å². The van der Waals surface area contributed by atoms with Gasteiger partial charge in [-0.2, -0.15) is 0 Å². The molecule has 0 saturated heterocycles. The van der Waals surface area contributed by atoms with Crippen LogP contribution >= 0.6 is 11.8 Å². The first-order valence-corrected chi connectivity index (χ1v) is 7.67. The Hall–Kier alpha value is -1.85. The Kier molecular flexibility index (Phi) is 3.69. The summed E-state index contributed by atoms with van der Waals surface area (Å²) < 4.78 is 5.39. The van der Waals surface area contributed by atoms with Gasteiger partial charge in [0, 0.05) is 11.1 Å². The molecule has 4 nitrogen and oxygen atoms in total. The number of thioether (sulfide) groups is 1. The summed E-state index contributed by atoms with van der Waals surface area (Å²) in [5, 5.41) is 11.8. The summed E-state index contributed by atoms with van der Waals surface area (Å²) in [6, 6.07) is 11.5. The van der Waals surface area contributed by atoms with Gasteiger partial charge in [0.05, 0.1) is 17.4 Å². The summed E-state index contributed by atoms with van der Waals surface area (Å²) in [6.07, 6.45) is 1.61. The lowest BCUT2D eigenvalue weighted by molar-refractivity contribution is 0.107. The van der Waals surface area contributed by atoms with E-state index in [-0.39, 0.29) is 0 Å². The predicted octanol–water partition coefficient (Wildman–Crippen LogP) is 3.75. The minimum absolute atomic E-state index is 0.561. The highest BCUT2D eigenvalue weighted by atomic mass is 32.2. The molecule has 1 N–H and O–H groups in total. The van der Waals surface area contributed by atoms with Gasteiger partial charge in [0.1, 0.15) is 5.03 Å². The average molecular weight is 300 g/mol. The third kappa shape index (κ3) is 3.25. The van der Waals surface area contributed by atoms with E-state index in [0.29, 0.717) is 17.3 Å². The predicted molar refractivity (Wildman–Crippen MR) is 84.3 cm³/mol. The normalized spacial score (nSPS) is 12.0. The molecule has 2 aromatic heterocycles. The molecule has 0 unspecified atom stereocenters. The van der Waals surface area contributed by atoms with Gasteiger partial charge < -0.3 is 9.52 Å². The van der Waals surface area contributed by atoms with Crippen LogP contribution in [0.5, 0.6) is 0 Å². The molecule has 0 atom stereocenters. The maximum absolute atomic E-state index is 9.92. The van der Waals surface area contributed by atoms with Crippen molar-refractivity contribution in [1.29, 1.82) is 0 Å². The van der Waals surface area contributed by atoms with Crippen molar-refractivity contribution >= 4 is 22.7 Å². The van der Waals surface area contributed by atoms with Gasteiger partial charge in [-0.1, -0.05) is 18.2 Å². The average Bonchev–Trinajstić information content (AvgIpc) is 2.98. The summed E-state index contributed by atoms with van der Waals surface area (Å²) in [5.41, 5.74) is 0.124. The Morgan fingerprint density at radius 2 is 1.95 bits per heavy atom. The fraction of sp³-hybridized carbons (Fsp3) is 0.250. The second kappa shape index (κ2) is 5.50. The highest BCUT2D eigenvalue weighted by molar-refractivity contribution is 7.99. The smallest absolute Gasteiger partial charge is 0.197 e. The van der Waals surface area contributed by atoms with Crippen molar-refractivity contribution in [3.05, 3.63) is 42.7 Å². The fourth-order valence-electron chi connectivity index (χ4n) is 1.92. The number of nitrogens with zero attached hydrogens (tertiary/aromatic N) is 2. The Morgan fingerprint density at radius 3 is 2.67 bits per heavy atom. The summed E-state index contributed by atoms with van der Waals surface area (Å²) in [4.78, 5) is 9.14. The van der Waals surface area contributed by atoms with Crippen LogP contribution in [-0.2, 0) is 0 Å². The van der Waals surface area contributed by atoms with Gasteiger partial charge in [-0.25, -0.2) is 9.97 Å². The summed E-state index contributed by atoms with van der Waals surface area (Å²) >= 11 is 1.53. The van der Waals surface area contributed by atoms with Crippen LogP contribution in [0.15, 0.2) is 52.1 Å². The van der Waals surface area contributed by atoms with E-state index >= 15 is 0 Å².